The van der Waals surface area contributed by atoms with Crippen molar-refractivity contribution < 1.29 is 13.9 Å². The number of rotatable bonds is 9. The minimum atomic E-state index is -0.402. The lowest BCUT2D eigenvalue weighted by atomic mass is 10.1. The predicted molar refractivity (Wildman–Crippen MR) is 132 cm³/mol. The summed E-state index contributed by atoms with van der Waals surface area (Å²) >= 11 is 0. The zero-order valence-corrected chi connectivity index (χ0v) is 20.5. The summed E-state index contributed by atoms with van der Waals surface area (Å²) in [6.45, 7) is 12.4. The van der Waals surface area contributed by atoms with Crippen LogP contribution in [0.25, 0.3) is 11.0 Å². The second kappa shape index (κ2) is 11.1. The normalized spacial score (nSPS) is 14.7. The topological polar surface area (TPSA) is 50.6 Å². The largest absolute Gasteiger partial charge is 0.379 e. The fourth-order valence-corrected chi connectivity index (χ4v) is 4.57. The van der Waals surface area contributed by atoms with Crippen LogP contribution in [0.3, 0.4) is 0 Å². The average molecular weight is 467 g/mol. The van der Waals surface area contributed by atoms with Crippen LogP contribution in [-0.2, 0) is 24.4 Å². The minimum absolute atomic E-state index is 0.170. The van der Waals surface area contributed by atoms with Crippen LogP contribution in [0.4, 0.5) is 4.39 Å². The van der Waals surface area contributed by atoms with Crippen LogP contribution in [0, 0.1) is 11.7 Å². The van der Waals surface area contributed by atoms with Gasteiger partial charge in [0.2, 0.25) is 0 Å². The van der Waals surface area contributed by atoms with Crippen LogP contribution < -0.4 is 0 Å². The van der Waals surface area contributed by atoms with Crippen molar-refractivity contribution in [1.29, 1.82) is 0 Å². The van der Waals surface area contributed by atoms with Crippen molar-refractivity contribution in [3.63, 3.8) is 0 Å². The van der Waals surface area contributed by atoms with E-state index < -0.39 is 5.82 Å². The summed E-state index contributed by atoms with van der Waals surface area (Å²) in [4.78, 5) is 22.5. The Morgan fingerprint density at radius 2 is 1.97 bits per heavy atom. The number of nitrogens with zero attached hydrogens (tertiary/aromatic N) is 4. The summed E-state index contributed by atoms with van der Waals surface area (Å²) < 4.78 is 21.5. The standard InChI is InChI=1S/C27H35FN4O2/c1-4-10-32-25-9-8-21(18-30-11-13-34-14-12-30)15-24(25)29-26(32)19-31(17-20(2)3)27(33)22-6-5-7-23(28)16-22/h5-9,15-16,20H,4,10-14,17-19H2,1-3H3. The Bertz CT molecular complexity index is 1120. The molecule has 7 heteroatoms. The predicted octanol–water partition coefficient (Wildman–Crippen LogP) is 4.72. The monoisotopic (exact) mass is 466 g/mol. The molecule has 3 aromatic rings. The highest BCUT2D eigenvalue weighted by Gasteiger charge is 2.22. The molecule has 0 atom stereocenters. The molecule has 2 heterocycles. The first-order valence-corrected chi connectivity index (χ1v) is 12.3. The Balaban J connectivity index is 1.63. The molecule has 34 heavy (non-hydrogen) atoms. The molecule has 4 rings (SSSR count). The van der Waals surface area contributed by atoms with Gasteiger partial charge < -0.3 is 14.2 Å². The molecule has 6 nitrogen and oxygen atoms in total. The third kappa shape index (κ3) is 5.83. The van der Waals surface area contributed by atoms with Crippen molar-refractivity contribution in [2.75, 3.05) is 32.8 Å². The maximum atomic E-state index is 13.8. The van der Waals surface area contributed by atoms with E-state index in [1.54, 1.807) is 17.0 Å². The quantitative estimate of drug-likeness (QED) is 0.458. The summed E-state index contributed by atoms with van der Waals surface area (Å²) in [5, 5.41) is 0. The van der Waals surface area contributed by atoms with Gasteiger partial charge in [-0.05, 0) is 48.2 Å². The zero-order chi connectivity index (χ0) is 24.1. The highest BCUT2D eigenvalue weighted by molar-refractivity contribution is 5.94. The molecule has 2 aromatic carbocycles. The van der Waals surface area contributed by atoms with Crippen LogP contribution >= 0.6 is 0 Å². The van der Waals surface area contributed by atoms with E-state index in [0.29, 0.717) is 18.7 Å². The van der Waals surface area contributed by atoms with Gasteiger partial charge in [-0.1, -0.05) is 32.9 Å². The van der Waals surface area contributed by atoms with E-state index in [-0.39, 0.29) is 11.8 Å². The molecule has 0 radical (unpaired) electrons. The third-order valence-corrected chi connectivity index (χ3v) is 6.13. The molecule has 0 bridgehead atoms. The molecule has 0 aliphatic carbocycles. The van der Waals surface area contributed by atoms with E-state index in [4.69, 9.17) is 9.72 Å². The lowest BCUT2D eigenvalue weighted by Crippen LogP contribution is -2.35. The molecule has 1 fully saturated rings. The molecule has 0 N–H and O–H groups in total. The number of fused-ring (bicyclic) bond motifs is 1. The molecule has 0 saturated carbocycles. The van der Waals surface area contributed by atoms with Crippen molar-refractivity contribution in [3.05, 3.63) is 65.2 Å². The van der Waals surface area contributed by atoms with Gasteiger partial charge in [0.1, 0.15) is 11.6 Å². The maximum Gasteiger partial charge on any atom is 0.254 e. The first-order valence-electron chi connectivity index (χ1n) is 12.3. The summed E-state index contributed by atoms with van der Waals surface area (Å²) in [6, 6.07) is 12.4. The molecule has 1 aromatic heterocycles. The van der Waals surface area contributed by atoms with Crippen molar-refractivity contribution in [2.24, 2.45) is 5.92 Å². The number of aryl methyl sites for hydroxylation is 1. The first kappa shape index (κ1) is 24.4. The maximum absolute atomic E-state index is 13.8. The Labute approximate surface area is 201 Å². The average Bonchev–Trinajstić information content (AvgIpc) is 3.15. The summed E-state index contributed by atoms with van der Waals surface area (Å²) in [5.74, 6) is 0.574. The molecule has 1 aliphatic heterocycles. The van der Waals surface area contributed by atoms with Crippen molar-refractivity contribution >= 4 is 16.9 Å². The number of carbonyl (C=O) groups excluding carboxylic acids is 1. The fraction of sp³-hybridized carbons (Fsp3) is 0.481. The van der Waals surface area contributed by atoms with Gasteiger partial charge in [0, 0.05) is 38.3 Å². The highest BCUT2D eigenvalue weighted by atomic mass is 19.1. The Morgan fingerprint density at radius 3 is 2.68 bits per heavy atom. The number of benzene rings is 2. The molecule has 182 valence electrons. The highest BCUT2D eigenvalue weighted by Crippen LogP contribution is 2.22. The Kier molecular flexibility index (Phi) is 7.95. The van der Waals surface area contributed by atoms with Crippen LogP contribution in [0.1, 0.15) is 48.9 Å². The first-order chi connectivity index (χ1) is 16.4. The van der Waals surface area contributed by atoms with Crippen LogP contribution in [0.15, 0.2) is 42.5 Å². The number of aromatic nitrogens is 2. The smallest absolute Gasteiger partial charge is 0.254 e. The van der Waals surface area contributed by atoms with Crippen molar-refractivity contribution in [3.8, 4) is 0 Å². The number of hydrogen-bond acceptors (Lipinski definition) is 4. The summed E-state index contributed by atoms with van der Waals surface area (Å²) in [6.07, 6.45) is 0.968. The summed E-state index contributed by atoms with van der Waals surface area (Å²) in [7, 11) is 0. The molecule has 1 amide bonds. The van der Waals surface area contributed by atoms with Gasteiger partial charge in [-0.25, -0.2) is 9.37 Å². The molecular formula is C27H35FN4O2. The molecule has 0 unspecified atom stereocenters. The Morgan fingerprint density at radius 1 is 1.18 bits per heavy atom. The van der Waals surface area contributed by atoms with Gasteiger partial charge in [-0.15, -0.1) is 0 Å². The van der Waals surface area contributed by atoms with E-state index in [2.05, 4.69) is 48.4 Å². The molecular weight excluding hydrogens is 431 g/mol. The minimum Gasteiger partial charge on any atom is -0.379 e. The molecule has 1 aliphatic rings. The Hall–Kier alpha value is -2.77. The lowest BCUT2D eigenvalue weighted by Gasteiger charge is -2.26. The van der Waals surface area contributed by atoms with Gasteiger partial charge in [0.15, 0.2) is 0 Å². The van der Waals surface area contributed by atoms with Crippen molar-refractivity contribution in [2.45, 2.75) is 46.8 Å². The van der Waals surface area contributed by atoms with E-state index in [0.717, 1.165) is 62.7 Å². The summed E-state index contributed by atoms with van der Waals surface area (Å²) in [5.41, 5.74) is 3.64. The van der Waals surface area contributed by atoms with E-state index >= 15 is 0 Å². The number of halogens is 1. The van der Waals surface area contributed by atoms with Gasteiger partial charge in [0.25, 0.3) is 5.91 Å². The number of amides is 1. The SMILES string of the molecule is CCCn1c(CN(CC(C)C)C(=O)c2cccc(F)c2)nc2cc(CN3CCOCC3)ccc21. The van der Waals surface area contributed by atoms with Gasteiger partial charge in [-0.2, -0.15) is 0 Å². The van der Waals surface area contributed by atoms with E-state index in [1.807, 2.05) is 0 Å². The molecule has 0 spiro atoms. The lowest BCUT2D eigenvalue weighted by molar-refractivity contribution is 0.0342. The fourth-order valence-electron chi connectivity index (χ4n) is 4.57. The van der Waals surface area contributed by atoms with Gasteiger partial charge >= 0.3 is 0 Å². The third-order valence-electron chi connectivity index (χ3n) is 6.13. The van der Waals surface area contributed by atoms with E-state index in [1.165, 1.54) is 17.7 Å². The van der Waals surface area contributed by atoms with E-state index in [9.17, 15) is 9.18 Å². The number of carbonyl (C=O) groups is 1. The number of hydrogen-bond donors (Lipinski definition) is 0. The second-order valence-electron chi connectivity index (χ2n) is 9.48. The van der Waals surface area contributed by atoms with Crippen LogP contribution in [-0.4, -0.2) is 58.1 Å². The number of imidazole rings is 1. The van der Waals surface area contributed by atoms with Crippen LogP contribution in [0.2, 0.25) is 0 Å². The molecule has 1 saturated heterocycles. The van der Waals surface area contributed by atoms with Crippen LogP contribution in [0.5, 0.6) is 0 Å². The van der Waals surface area contributed by atoms with Gasteiger partial charge in [0.05, 0.1) is 30.8 Å². The second-order valence-corrected chi connectivity index (χ2v) is 9.48. The van der Waals surface area contributed by atoms with Gasteiger partial charge in [-0.3, -0.25) is 9.69 Å². The number of morpholine rings is 1. The van der Waals surface area contributed by atoms with Crippen molar-refractivity contribution in [1.82, 2.24) is 19.4 Å². The number of ether oxygens (including phenoxy) is 1. The zero-order valence-electron chi connectivity index (χ0n) is 20.5.